The molecule has 146 valence electrons. The summed E-state index contributed by atoms with van der Waals surface area (Å²) in [4.78, 5) is 14.9. The van der Waals surface area contributed by atoms with E-state index in [0.717, 1.165) is 12.2 Å². The van der Waals surface area contributed by atoms with Crippen LogP contribution in [0.15, 0.2) is 41.5 Å². The summed E-state index contributed by atoms with van der Waals surface area (Å²) in [6, 6.07) is 11.2. The monoisotopic (exact) mass is 392 g/mol. The third-order valence-electron chi connectivity index (χ3n) is 6.45. The van der Waals surface area contributed by atoms with Gasteiger partial charge in [-0.15, -0.1) is 0 Å². The maximum atomic E-state index is 5.13. The molecule has 28 heavy (non-hydrogen) atoms. The highest BCUT2D eigenvalue weighted by atomic mass is 32.2. The molecule has 0 spiro atoms. The SMILES string of the molecule is Cc1c([C@@H]2[C@@H](c3ccccn3)N=C3S[C@H](C)CN32)ccc(N2CCCC2)c1C. The lowest BCUT2D eigenvalue weighted by Gasteiger charge is -2.30. The second kappa shape index (κ2) is 7.11. The Bertz CT molecular complexity index is 904. The summed E-state index contributed by atoms with van der Waals surface area (Å²) in [5.41, 5.74) is 6.73. The predicted molar refractivity (Wildman–Crippen MR) is 118 cm³/mol. The van der Waals surface area contributed by atoms with Crippen molar-refractivity contribution in [3.05, 3.63) is 58.9 Å². The molecule has 0 unspecified atom stereocenters. The molecule has 4 nitrogen and oxygen atoms in total. The Hall–Kier alpha value is -2.01. The standard InChI is InChI=1S/C23H28N4S/c1-15-14-27-22(21(25-23(27)28-15)19-8-4-5-11-24-19)18-9-10-20(17(3)16(18)2)26-12-6-7-13-26/h4-5,8-11,15,21-22H,6-7,12-14H2,1-3H3/t15-,21-,22-/m1/s1. The van der Waals surface area contributed by atoms with E-state index >= 15 is 0 Å². The molecular weight excluding hydrogens is 364 g/mol. The minimum atomic E-state index is 0.0759. The van der Waals surface area contributed by atoms with Crippen LogP contribution in [-0.2, 0) is 0 Å². The maximum Gasteiger partial charge on any atom is 0.160 e. The van der Waals surface area contributed by atoms with Crippen molar-refractivity contribution in [1.29, 1.82) is 0 Å². The number of aliphatic imine (C=N–C) groups is 1. The largest absolute Gasteiger partial charge is 0.371 e. The van der Waals surface area contributed by atoms with Gasteiger partial charge in [0.05, 0.1) is 11.7 Å². The molecule has 0 aliphatic carbocycles. The molecule has 2 fully saturated rings. The van der Waals surface area contributed by atoms with Gasteiger partial charge in [-0.3, -0.25) is 9.98 Å². The minimum absolute atomic E-state index is 0.0759. The van der Waals surface area contributed by atoms with Crippen molar-refractivity contribution in [2.45, 2.75) is 50.9 Å². The van der Waals surface area contributed by atoms with Gasteiger partial charge in [0, 0.05) is 36.8 Å². The number of pyridine rings is 1. The highest BCUT2D eigenvalue weighted by Gasteiger charge is 2.44. The van der Waals surface area contributed by atoms with Gasteiger partial charge in [-0.05, 0) is 61.6 Å². The molecular formula is C23H28N4S. The van der Waals surface area contributed by atoms with E-state index < -0.39 is 0 Å². The fourth-order valence-corrected chi connectivity index (χ4v) is 6.00. The quantitative estimate of drug-likeness (QED) is 0.744. The van der Waals surface area contributed by atoms with Crippen LogP contribution in [0.3, 0.4) is 0 Å². The normalized spacial score (nSPS) is 26.7. The van der Waals surface area contributed by atoms with Gasteiger partial charge >= 0.3 is 0 Å². The summed E-state index contributed by atoms with van der Waals surface area (Å²) in [5, 5.41) is 1.78. The Balaban J connectivity index is 1.57. The van der Waals surface area contributed by atoms with E-state index in [1.165, 1.54) is 53.5 Å². The lowest BCUT2D eigenvalue weighted by atomic mass is 9.90. The summed E-state index contributed by atoms with van der Waals surface area (Å²) in [6.45, 7) is 10.3. The van der Waals surface area contributed by atoms with Crippen molar-refractivity contribution in [2.75, 3.05) is 24.5 Å². The minimum Gasteiger partial charge on any atom is -0.371 e. The van der Waals surface area contributed by atoms with Crippen LogP contribution in [0, 0.1) is 13.8 Å². The smallest absolute Gasteiger partial charge is 0.160 e. The third kappa shape index (κ3) is 2.91. The lowest BCUT2D eigenvalue weighted by molar-refractivity contribution is 0.320. The van der Waals surface area contributed by atoms with Crippen molar-refractivity contribution in [1.82, 2.24) is 9.88 Å². The fraction of sp³-hybridized carbons (Fsp3) is 0.478. The van der Waals surface area contributed by atoms with Crippen LogP contribution >= 0.6 is 11.8 Å². The lowest BCUT2D eigenvalue weighted by Crippen LogP contribution is -2.29. The molecule has 5 rings (SSSR count). The van der Waals surface area contributed by atoms with Crippen molar-refractivity contribution in [3.63, 3.8) is 0 Å². The van der Waals surface area contributed by atoms with Crippen molar-refractivity contribution in [3.8, 4) is 0 Å². The number of aromatic nitrogens is 1. The molecule has 5 heteroatoms. The van der Waals surface area contributed by atoms with E-state index in [-0.39, 0.29) is 12.1 Å². The molecule has 2 aromatic rings. The molecule has 0 N–H and O–H groups in total. The van der Waals surface area contributed by atoms with E-state index in [1.807, 2.05) is 24.0 Å². The summed E-state index contributed by atoms with van der Waals surface area (Å²) < 4.78 is 0. The van der Waals surface area contributed by atoms with E-state index in [9.17, 15) is 0 Å². The van der Waals surface area contributed by atoms with Crippen molar-refractivity contribution < 1.29 is 0 Å². The summed E-state index contributed by atoms with van der Waals surface area (Å²) in [6.07, 6.45) is 4.51. The van der Waals surface area contributed by atoms with Crippen molar-refractivity contribution >= 4 is 22.6 Å². The van der Waals surface area contributed by atoms with Crippen LogP contribution in [0.25, 0.3) is 0 Å². The number of fused-ring (bicyclic) bond motifs is 1. The van der Waals surface area contributed by atoms with Crippen molar-refractivity contribution in [2.24, 2.45) is 4.99 Å². The molecule has 4 heterocycles. The van der Waals surface area contributed by atoms with Gasteiger partial charge in [0.1, 0.15) is 6.04 Å². The molecule has 2 saturated heterocycles. The first-order valence-electron chi connectivity index (χ1n) is 10.4. The van der Waals surface area contributed by atoms with Crippen LogP contribution in [0.1, 0.15) is 54.2 Å². The second-order valence-electron chi connectivity index (χ2n) is 8.25. The summed E-state index contributed by atoms with van der Waals surface area (Å²) in [7, 11) is 0. The van der Waals surface area contributed by atoms with Gasteiger partial charge in [0.25, 0.3) is 0 Å². The number of hydrogen-bond donors (Lipinski definition) is 0. The molecule has 1 aromatic heterocycles. The number of hydrogen-bond acceptors (Lipinski definition) is 5. The van der Waals surface area contributed by atoms with E-state index in [0.29, 0.717) is 5.25 Å². The maximum absolute atomic E-state index is 5.13. The molecule has 3 atom stereocenters. The average Bonchev–Trinajstić information content (AvgIpc) is 3.41. The van der Waals surface area contributed by atoms with Crippen LogP contribution in [-0.4, -0.2) is 39.9 Å². The van der Waals surface area contributed by atoms with Gasteiger partial charge in [-0.1, -0.05) is 30.8 Å². The zero-order chi connectivity index (χ0) is 19.3. The summed E-state index contributed by atoms with van der Waals surface area (Å²) >= 11 is 1.91. The van der Waals surface area contributed by atoms with Gasteiger partial charge in [-0.25, -0.2) is 0 Å². The first-order chi connectivity index (χ1) is 13.6. The molecule has 0 amide bonds. The Morgan fingerprint density at radius 3 is 2.61 bits per heavy atom. The summed E-state index contributed by atoms with van der Waals surface area (Å²) in [5.74, 6) is 0. The number of thioether (sulfide) groups is 1. The average molecular weight is 393 g/mol. The van der Waals surface area contributed by atoms with Gasteiger partial charge in [0.15, 0.2) is 5.17 Å². The fourth-order valence-electron chi connectivity index (χ4n) is 4.90. The van der Waals surface area contributed by atoms with Crippen LogP contribution in [0.2, 0.25) is 0 Å². The predicted octanol–water partition coefficient (Wildman–Crippen LogP) is 4.89. The highest BCUT2D eigenvalue weighted by molar-refractivity contribution is 8.14. The van der Waals surface area contributed by atoms with E-state index in [4.69, 9.17) is 4.99 Å². The van der Waals surface area contributed by atoms with Crippen LogP contribution in [0.4, 0.5) is 5.69 Å². The number of benzene rings is 1. The van der Waals surface area contributed by atoms with Gasteiger partial charge in [0.2, 0.25) is 0 Å². The van der Waals surface area contributed by atoms with Gasteiger partial charge < -0.3 is 9.80 Å². The first-order valence-corrected chi connectivity index (χ1v) is 11.3. The third-order valence-corrected chi connectivity index (χ3v) is 7.55. The van der Waals surface area contributed by atoms with E-state index in [2.05, 4.69) is 59.8 Å². The Morgan fingerprint density at radius 1 is 1.04 bits per heavy atom. The Labute approximate surface area is 172 Å². The van der Waals surface area contributed by atoms with Crippen LogP contribution < -0.4 is 4.90 Å². The number of nitrogens with zero attached hydrogens (tertiary/aromatic N) is 4. The van der Waals surface area contributed by atoms with Crippen LogP contribution in [0.5, 0.6) is 0 Å². The molecule has 1 aromatic carbocycles. The van der Waals surface area contributed by atoms with Gasteiger partial charge in [-0.2, -0.15) is 0 Å². The zero-order valence-electron chi connectivity index (χ0n) is 16.9. The molecule has 0 bridgehead atoms. The molecule has 0 radical (unpaired) electrons. The number of rotatable bonds is 3. The highest BCUT2D eigenvalue weighted by Crippen LogP contribution is 2.49. The zero-order valence-corrected chi connectivity index (χ0v) is 17.7. The topological polar surface area (TPSA) is 31.7 Å². The number of anilines is 1. The molecule has 0 saturated carbocycles. The van der Waals surface area contributed by atoms with E-state index in [1.54, 1.807) is 0 Å². The Morgan fingerprint density at radius 2 is 1.86 bits per heavy atom. The first kappa shape index (κ1) is 18.0. The second-order valence-corrected chi connectivity index (χ2v) is 9.66. The number of amidine groups is 1. The molecule has 3 aliphatic heterocycles. The Kier molecular flexibility index (Phi) is 4.58. The molecule has 3 aliphatic rings.